The highest BCUT2D eigenvalue weighted by atomic mass is 19.1. The molecule has 2 heterocycles. The molecular formula is C17H18F2N4O. The van der Waals surface area contributed by atoms with E-state index in [1.807, 2.05) is 6.92 Å². The van der Waals surface area contributed by atoms with Gasteiger partial charge in [-0.1, -0.05) is 6.92 Å². The molecule has 5 nitrogen and oxygen atoms in total. The number of benzene rings is 1. The highest BCUT2D eigenvalue weighted by molar-refractivity contribution is 6.04. The molecule has 3 N–H and O–H groups in total. The van der Waals surface area contributed by atoms with Crippen LogP contribution in [0.4, 0.5) is 14.5 Å². The van der Waals surface area contributed by atoms with Crippen LogP contribution in [-0.2, 0) is 6.42 Å². The largest absolute Gasteiger partial charge is 0.320 e. The highest BCUT2D eigenvalue weighted by Crippen LogP contribution is 2.23. The molecule has 1 aromatic heterocycles. The predicted octanol–water partition coefficient (Wildman–Crippen LogP) is 2.80. The summed E-state index contributed by atoms with van der Waals surface area (Å²) < 4.78 is 28.3. The van der Waals surface area contributed by atoms with Crippen LogP contribution in [0.15, 0.2) is 17.7 Å². The molecule has 0 spiro atoms. The van der Waals surface area contributed by atoms with E-state index in [2.05, 4.69) is 20.8 Å². The van der Waals surface area contributed by atoms with Gasteiger partial charge in [-0.25, -0.2) is 8.78 Å². The van der Waals surface area contributed by atoms with Gasteiger partial charge in [-0.3, -0.25) is 9.89 Å². The number of hydrogen-bond donors (Lipinski definition) is 3. The van der Waals surface area contributed by atoms with Crippen LogP contribution < -0.4 is 10.6 Å². The highest BCUT2D eigenvalue weighted by Gasteiger charge is 2.18. The van der Waals surface area contributed by atoms with Crippen molar-refractivity contribution in [3.63, 3.8) is 0 Å². The normalized spacial score (nSPS) is 13.6. The molecular weight excluding hydrogens is 314 g/mol. The molecule has 0 unspecified atom stereocenters. The van der Waals surface area contributed by atoms with Gasteiger partial charge in [0, 0.05) is 35.6 Å². The summed E-state index contributed by atoms with van der Waals surface area (Å²) in [6, 6.07) is 2.23. The number of anilines is 1. The van der Waals surface area contributed by atoms with Crippen molar-refractivity contribution in [2.45, 2.75) is 20.3 Å². The Labute approximate surface area is 138 Å². The topological polar surface area (TPSA) is 69.8 Å². The quantitative estimate of drug-likeness (QED) is 0.806. The smallest absolute Gasteiger partial charge is 0.276 e. The van der Waals surface area contributed by atoms with E-state index in [4.69, 9.17) is 0 Å². The lowest BCUT2D eigenvalue weighted by molar-refractivity contribution is 0.102. The minimum atomic E-state index is -0.710. The molecule has 0 atom stereocenters. The molecule has 3 rings (SSSR count). The van der Waals surface area contributed by atoms with Crippen molar-refractivity contribution < 1.29 is 13.6 Å². The van der Waals surface area contributed by atoms with Gasteiger partial charge in [-0.2, -0.15) is 5.10 Å². The molecule has 1 fully saturated rings. The minimum Gasteiger partial charge on any atom is -0.320 e. The third-order valence-electron chi connectivity index (χ3n) is 4.07. The Hall–Kier alpha value is -2.54. The van der Waals surface area contributed by atoms with Crippen LogP contribution in [0.1, 0.15) is 34.2 Å². The summed E-state index contributed by atoms with van der Waals surface area (Å²) in [5.74, 6) is -1.92. The number of rotatable bonds is 4. The molecule has 0 saturated carbocycles. The van der Waals surface area contributed by atoms with Gasteiger partial charge in [0.05, 0.1) is 0 Å². The molecule has 126 valence electrons. The average molecular weight is 332 g/mol. The lowest BCUT2D eigenvalue weighted by Crippen LogP contribution is -2.33. The van der Waals surface area contributed by atoms with Gasteiger partial charge < -0.3 is 10.6 Å². The number of carbonyl (C=O) groups excluding carboxylic acids is 1. The molecule has 1 aliphatic heterocycles. The molecule has 24 heavy (non-hydrogen) atoms. The van der Waals surface area contributed by atoms with Crippen molar-refractivity contribution in [2.75, 3.05) is 18.4 Å². The summed E-state index contributed by atoms with van der Waals surface area (Å²) in [5, 5.41) is 12.2. The van der Waals surface area contributed by atoms with E-state index in [1.165, 1.54) is 6.08 Å². The summed E-state index contributed by atoms with van der Waals surface area (Å²) in [6.45, 7) is 4.99. The number of carbonyl (C=O) groups is 1. The Balaban J connectivity index is 1.82. The molecule has 1 aromatic carbocycles. The number of H-pyrrole nitrogens is 1. The number of nitrogens with zero attached hydrogens (tertiary/aromatic N) is 1. The molecule has 1 saturated heterocycles. The fourth-order valence-corrected chi connectivity index (χ4v) is 2.56. The minimum absolute atomic E-state index is 0.0596. The maximum absolute atomic E-state index is 14.1. The summed E-state index contributed by atoms with van der Waals surface area (Å²) in [7, 11) is 0. The van der Waals surface area contributed by atoms with Crippen LogP contribution in [0.2, 0.25) is 0 Å². The lowest BCUT2D eigenvalue weighted by atomic mass is 10.1. The molecule has 0 radical (unpaired) electrons. The maximum Gasteiger partial charge on any atom is 0.276 e. The van der Waals surface area contributed by atoms with E-state index < -0.39 is 17.5 Å². The molecule has 0 aliphatic carbocycles. The van der Waals surface area contributed by atoms with Crippen molar-refractivity contribution in [3.05, 3.63) is 51.9 Å². The van der Waals surface area contributed by atoms with Crippen LogP contribution in [0.25, 0.3) is 6.08 Å². The zero-order valence-electron chi connectivity index (χ0n) is 13.5. The molecule has 7 heteroatoms. The average Bonchev–Trinajstić information content (AvgIpc) is 2.85. The maximum atomic E-state index is 14.1. The second kappa shape index (κ2) is 6.52. The van der Waals surface area contributed by atoms with Gasteiger partial charge in [0.2, 0.25) is 0 Å². The van der Waals surface area contributed by atoms with E-state index in [9.17, 15) is 13.6 Å². The molecule has 1 aliphatic rings. The summed E-state index contributed by atoms with van der Waals surface area (Å²) in [5.41, 5.74) is 2.71. The van der Waals surface area contributed by atoms with E-state index in [1.54, 1.807) is 6.92 Å². The zero-order chi connectivity index (χ0) is 17.3. The Bertz CT molecular complexity index is 797. The zero-order valence-corrected chi connectivity index (χ0v) is 13.5. The third kappa shape index (κ3) is 3.07. The first-order chi connectivity index (χ1) is 11.5. The van der Waals surface area contributed by atoms with E-state index in [0.29, 0.717) is 19.5 Å². The molecule has 0 bridgehead atoms. The van der Waals surface area contributed by atoms with Crippen molar-refractivity contribution in [2.24, 2.45) is 0 Å². The standard InChI is InChI=1S/C17H18F2N4O/c1-3-15-9(2)16(23-22-15)17(24)21-11-5-13(18)12(14(19)6-11)4-10-7-20-8-10/h4-6,20H,3,7-8H2,1-2H3,(H,21,24)(H,22,23). The second-order valence-electron chi connectivity index (χ2n) is 5.74. The van der Waals surface area contributed by atoms with Crippen molar-refractivity contribution >= 4 is 17.7 Å². The van der Waals surface area contributed by atoms with Crippen LogP contribution in [0.3, 0.4) is 0 Å². The van der Waals surface area contributed by atoms with Gasteiger partial charge in [-0.15, -0.1) is 0 Å². The number of aromatic nitrogens is 2. The fraction of sp³-hybridized carbons (Fsp3) is 0.294. The van der Waals surface area contributed by atoms with Gasteiger partial charge in [0.1, 0.15) is 11.6 Å². The fourth-order valence-electron chi connectivity index (χ4n) is 2.56. The van der Waals surface area contributed by atoms with Crippen LogP contribution in [0, 0.1) is 18.6 Å². The summed E-state index contributed by atoms with van der Waals surface area (Å²) in [4.78, 5) is 12.2. The van der Waals surface area contributed by atoms with Gasteiger partial charge >= 0.3 is 0 Å². The van der Waals surface area contributed by atoms with E-state index >= 15 is 0 Å². The first kappa shape index (κ1) is 16.3. The molecule has 2 aromatic rings. The predicted molar refractivity (Wildman–Crippen MR) is 87.9 cm³/mol. The van der Waals surface area contributed by atoms with Crippen molar-refractivity contribution in [1.82, 2.24) is 15.5 Å². The summed E-state index contributed by atoms with van der Waals surface area (Å²) in [6.07, 6.45) is 2.21. The second-order valence-corrected chi connectivity index (χ2v) is 5.74. The van der Waals surface area contributed by atoms with Gasteiger partial charge in [0.15, 0.2) is 5.69 Å². The number of halogens is 2. The van der Waals surface area contributed by atoms with Crippen LogP contribution in [0.5, 0.6) is 0 Å². The van der Waals surface area contributed by atoms with Gasteiger partial charge in [0.25, 0.3) is 5.91 Å². The number of hydrogen-bond acceptors (Lipinski definition) is 3. The molecule has 1 amide bonds. The van der Waals surface area contributed by atoms with E-state index in [-0.39, 0.29) is 16.9 Å². The van der Waals surface area contributed by atoms with Gasteiger partial charge in [-0.05, 0) is 37.1 Å². The number of nitrogens with one attached hydrogen (secondary N) is 3. The summed E-state index contributed by atoms with van der Waals surface area (Å²) >= 11 is 0. The third-order valence-corrected chi connectivity index (χ3v) is 4.07. The van der Waals surface area contributed by atoms with Crippen molar-refractivity contribution in [1.29, 1.82) is 0 Å². The number of aromatic amines is 1. The lowest BCUT2D eigenvalue weighted by Gasteiger charge is -2.18. The first-order valence-corrected chi connectivity index (χ1v) is 7.74. The van der Waals surface area contributed by atoms with Crippen molar-refractivity contribution in [3.8, 4) is 0 Å². The van der Waals surface area contributed by atoms with E-state index in [0.717, 1.165) is 29.0 Å². The first-order valence-electron chi connectivity index (χ1n) is 7.74. The Kier molecular flexibility index (Phi) is 4.44. The Morgan fingerprint density at radius 3 is 2.50 bits per heavy atom. The van der Waals surface area contributed by atoms with Crippen LogP contribution >= 0.6 is 0 Å². The number of amides is 1. The Morgan fingerprint density at radius 1 is 1.33 bits per heavy atom. The monoisotopic (exact) mass is 332 g/mol. The Morgan fingerprint density at radius 2 is 2.00 bits per heavy atom. The number of aryl methyl sites for hydroxylation is 1. The SMILES string of the molecule is CCc1[nH]nc(C(=O)Nc2cc(F)c(C=C3CNC3)c(F)c2)c1C. The van der Waals surface area contributed by atoms with Crippen LogP contribution in [-0.4, -0.2) is 29.2 Å².